The summed E-state index contributed by atoms with van der Waals surface area (Å²) in [5.74, 6) is -1.12. The fourth-order valence-electron chi connectivity index (χ4n) is 0.975. The van der Waals surface area contributed by atoms with Crippen LogP contribution in [0.3, 0.4) is 0 Å². The first-order chi connectivity index (χ1) is 6.04. The monoisotopic (exact) mass is 181 g/mol. The van der Waals surface area contributed by atoms with Crippen LogP contribution < -0.4 is 5.73 Å². The van der Waals surface area contributed by atoms with Gasteiger partial charge in [0.15, 0.2) is 17.3 Å². The van der Waals surface area contributed by atoms with Gasteiger partial charge in [-0.05, 0) is 19.1 Å². The molecule has 0 saturated carbocycles. The molecule has 0 amide bonds. The van der Waals surface area contributed by atoms with E-state index in [9.17, 15) is 9.90 Å². The predicted octanol–water partition coefficient (Wildman–Crippen LogP) is 0.628. The molecule has 0 aliphatic heterocycles. The molecule has 0 fully saturated rings. The highest BCUT2D eigenvalue weighted by molar-refractivity contribution is 6.02. The summed E-state index contributed by atoms with van der Waals surface area (Å²) in [4.78, 5) is 11.3. The summed E-state index contributed by atoms with van der Waals surface area (Å²) in [5, 5.41) is 18.4. The number of carbonyl (C=O) groups is 1. The van der Waals surface area contributed by atoms with Crippen molar-refractivity contribution >= 4 is 5.78 Å². The van der Waals surface area contributed by atoms with Gasteiger partial charge in [0.1, 0.15) is 0 Å². The number of rotatable bonds is 2. The summed E-state index contributed by atoms with van der Waals surface area (Å²) in [6.07, 6.45) is 0. The van der Waals surface area contributed by atoms with Crippen LogP contribution in [0.5, 0.6) is 11.5 Å². The number of aromatic hydroxyl groups is 2. The van der Waals surface area contributed by atoms with Gasteiger partial charge in [0.25, 0.3) is 0 Å². The minimum absolute atomic E-state index is 0.0509. The summed E-state index contributed by atoms with van der Waals surface area (Å²) in [6, 6.07) is 3.51. The van der Waals surface area contributed by atoms with E-state index in [-0.39, 0.29) is 11.3 Å². The Hall–Kier alpha value is -1.55. The molecule has 0 saturated heterocycles. The zero-order valence-electron chi connectivity index (χ0n) is 7.19. The van der Waals surface area contributed by atoms with Gasteiger partial charge in [-0.3, -0.25) is 4.79 Å². The predicted molar refractivity (Wildman–Crippen MR) is 47.8 cm³/mol. The molecule has 13 heavy (non-hydrogen) atoms. The lowest BCUT2D eigenvalue weighted by atomic mass is 10.0. The Balaban J connectivity index is 3.15. The van der Waals surface area contributed by atoms with Gasteiger partial charge in [-0.25, -0.2) is 0 Å². The molecule has 70 valence electrons. The third kappa shape index (κ3) is 1.78. The Morgan fingerprint density at radius 3 is 2.62 bits per heavy atom. The van der Waals surface area contributed by atoms with Crippen LogP contribution >= 0.6 is 0 Å². The first-order valence-corrected chi connectivity index (χ1v) is 3.84. The number of phenolic OH excluding ortho intramolecular Hbond substituents is 2. The number of para-hydroxylation sites is 1. The van der Waals surface area contributed by atoms with Crippen molar-refractivity contribution in [3.63, 3.8) is 0 Å². The molecule has 1 unspecified atom stereocenters. The van der Waals surface area contributed by atoms with Crippen molar-refractivity contribution in [2.24, 2.45) is 5.73 Å². The Morgan fingerprint density at radius 1 is 1.46 bits per heavy atom. The Kier molecular flexibility index (Phi) is 2.53. The van der Waals surface area contributed by atoms with Gasteiger partial charge in [0.05, 0.1) is 11.6 Å². The first-order valence-electron chi connectivity index (χ1n) is 3.84. The molecule has 1 atom stereocenters. The fraction of sp³-hybridized carbons (Fsp3) is 0.222. The molecule has 0 spiro atoms. The number of hydrogen-bond acceptors (Lipinski definition) is 4. The molecular formula is C9H11NO3. The highest BCUT2D eigenvalue weighted by Crippen LogP contribution is 2.28. The largest absolute Gasteiger partial charge is 0.504 e. The number of ketones is 1. The van der Waals surface area contributed by atoms with E-state index >= 15 is 0 Å². The lowest BCUT2D eigenvalue weighted by Gasteiger charge is -2.06. The van der Waals surface area contributed by atoms with Crippen LogP contribution in [0.25, 0.3) is 0 Å². The number of benzene rings is 1. The molecule has 0 aliphatic rings. The third-order valence-electron chi connectivity index (χ3n) is 1.69. The Labute approximate surface area is 75.6 Å². The highest BCUT2D eigenvalue weighted by atomic mass is 16.3. The standard InChI is InChI=1S/C9H11NO3/c1-5(10)8(12)6-3-2-4-7(11)9(6)13/h2-5,11,13H,10H2,1H3. The molecular weight excluding hydrogens is 170 g/mol. The molecule has 0 aromatic heterocycles. The van der Waals surface area contributed by atoms with Crippen LogP contribution in [-0.2, 0) is 0 Å². The minimum Gasteiger partial charge on any atom is -0.504 e. The van der Waals surface area contributed by atoms with E-state index in [4.69, 9.17) is 10.8 Å². The van der Waals surface area contributed by atoms with Gasteiger partial charge in [-0.2, -0.15) is 0 Å². The fourth-order valence-corrected chi connectivity index (χ4v) is 0.975. The first kappa shape index (κ1) is 9.54. The molecule has 1 rings (SSSR count). The average molecular weight is 181 g/mol. The van der Waals surface area contributed by atoms with Gasteiger partial charge in [0.2, 0.25) is 0 Å². The molecule has 0 radical (unpaired) electrons. The number of Topliss-reactive ketones (excluding diaryl/α,β-unsaturated/α-hetero) is 1. The summed E-state index contributed by atoms with van der Waals surface area (Å²) >= 11 is 0. The van der Waals surface area contributed by atoms with Crippen molar-refractivity contribution in [3.8, 4) is 11.5 Å². The van der Waals surface area contributed by atoms with Crippen LogP contribution in [0.4, 0.5) is 0 Å². The van der Waals surface area contributed by atoms with Crippen molar-refractivity contribution < 1.29 is 15.0 Å². The van der Waals surface area contributed by atoms with Crippen LogP contribution in [0.2, 0.25) is 0 Å². The molecule has 4 heteroatoms. The molecule has 4 N–H and O–H groups in total. The number of carbonyl (C=O) groups excluding carboxylic acids is 1. The van der Waals surface area contributed by atoms with E-state index in [0.29, 0.717) is 0 Å². The lowest BCUT2D eigenvalue weighted by Crippen LogP contribution is -2.26. The molecule has 0 aliphatic carbocycles. The minimum atomic E-state index is -0.687. The van der Waals surface area contributed by atoms with Crippen LogP contribution in [-0.4, -0.2) is 22.0 Å². The number of nitrogens with two attached hydrogens (primary N) is 1. The summed E-state index contributed by atoms with van der Waals surface area (Å²) < 4.78 is 0. The maximum atomic E-state index is 11.3. The van der Waals surface area contributed by atoms with Gasteiger partial charge in [0, 0.05) is 0 Å². The van der Waals surface area contributed by atoms with Crippen LogP contribution in [0.15, 0.2) is 18.2 Å². The summed E-state index contributed by atoms with van der Waals surface area (Å²) in [5.41, 5.74) is 5.40. The van der Waals surface area contributed by atoms with Crippen molar-refractivity contribution in [2.75, 3.05) is 0 Å². The quantitative estimate of drug-likeness (QED) is 0.461. The second kappa shape index (κ2) is 3.45. The summed E-state index contributed by atoms with van der Waals surface area (Å²) in [6.45, 7) is 1.52. The smallest absolute Gasteiger partial charge is 0.183 e. The van der Waals surface area contributed by atoms with Crippen molar-refractivity contribution in [1.82, 2.24) is 0 Å². The Bertz CT molecular complexity index is 334. The molecule has 0 heterocycles. The lowest BCUT2D eigenvalue weighted by molar-refractivity contribution is 0.0964. The topological polar surface area (TPSA) is 83.6 Å². The normalized spacial score (nSPS) is 12.5. The van der Waals surface area contributed by atoms with Gasteiger partial charge in [-0.15, -0.1) is 0 Å². The molecule has 0 bridgehead atoms. The molecule has 1 aromatic carbocycles. The summed E-state index contributed by atoms with van der Waals surface area (Å²) in [7, 11) is 0. The van der Waals surface area contributed by atoms with E-state index < -0.39 is 17.6 Å². The van der Waals surface area contributed by atoms with E-state index in [1.165, 1.54) is 25.1 Å². The van der Waals surface area contributed by atoms with E-state index in [0.717, 1.165) is 0 Å². The number of phenols is 2. The second-order valence-corrected chi connectivity index (χ2v) is 2.83. The van der Waals surface area contributed by atoms with E-state index in [1.54, 1.807) is 0 Å². The van der Waals surface area contributed by atoms with E-state index in [2.05, 4.69) is 0 Å². The average Bonchev–Trinajstić information content (AvgIpc) is 2.08. The number of hydrogen-bond donors (Lipinski definition) is 3. The van der Waals surface area contributed by atoms with Gasteiger partial charge in [-0.1, -0.05) is 6.07 Å². The van der Waals surface area contributed by atoms with Crippen molar-refractivity contribution in [3.05, 3.63) is 23.8 Å². The van der Waals surface area contributed by atoms with Crippen molar-refractivity contribution in [1.29, 1.82) is 0 Å². The maximum absolute atomic E-state index is 11.3. The van der Waals surface area contributed by atoms with Gasteiger partial charge >= 0.3 is 0 Å². The maximum Gasteiger partial charge on any atom is 0.183 e. The molecule has 4 nitrogen and oxygen atoms in total. The highest BCUT2D eigenvalue weighted by Gasteiger charge is 2.16. The van der Waals surface area contributed by atoms with Crippen LogP contribution in [0, 0.1) is 0 Å². The molecule has 1 aromatic rings. The van der Waals surface area contributed by atoms with Crippen molar-refractivity contribution in [2.45, 2.75) is 13.0 Å². The van der Waals surface area contributed by atoms with Gasteiger partial charge < -0.3 is 15.9 Å². The Morgan fingerprint density at radius 2 is 2.08 bits per heavy atom. The zero-order valence-corrected chi connectivity index (χ0v) is 7.19. The van der Waals surface area contributed by atoms with E-state index in [1.807, 2.05) is 0 Å². The zero-order chi connectivity index (χ0) is 10.0. The second-order valence-electron chi connectivity index (χ2n) is 2.83. The SMILES string of the molecule is CC(N)C(=O)c1cccc(O)c1O. The third-order valence-corrected chi connectivity index (χ3v) is 1.69. The van der Waals surface area contributed by atoms with Crippen LogP contribution in [0.1, 0.15) is 17.3 Å².